The summed E-state index contributed by atoms with van der Waals surface area (Å²) >= 11 is 1.56. The third-order valence-electron chi connectivity index (χ3n) is 2.93. The molecule has 2 aromatic rings. The fraction of sp³-hybridized carbons (Fsp3) is 0.231. The Hall–Kier alpha value is -1.37. The van der Waals surface area contributed by atoms with Gasteiger partial charge in [-0.05, 0) is 47.4 Å². The Balaban J connectivity index is 2.26. The van der Waals surface area contributed by atoms with Gasteiger partial charge in [0.25, 0.3) is 0 Å². The van der Waals surface area contributed by atoms with Crippen LogP contribution in [0.2, 0.25) is 0 Å². The number of nitrogens with one attached hydrogen (secondary N) is 1. The van der Waals surface area contributed by atoms with Crippen molar-refractivity contribution in [3.8, 4) is 0 Å². The SMILES string of the molecule is Cc1cscc1CNS(=O)(=O)c1c(C)cccc1N. The van der Waals surface area contributed by atoms with Crippen molar-refractivity contribution in [1.82, 2.24) is 4.72 Å². The van der Waals surface area contributed by atoms with E-state index >= 15 is 0 Å². The summed E-state index contributed by atoms with van der Waals surface area (Å²) < 4.78 is 27.2. The Labute approximate surface area is 117 Å². The average Bonchev–Trinajstić information content (AvgIpc) is 2.72. The molecule has 0 radical (unpaired) electrons. The quantitative estimate of drug-likeness (QED) is 0.851. The summed E-state index contributed by atoms with van der Waals surface area (Å²) in [7, 11) is -3.58. The highest BCUT2D eigenvalue weighted by Gasteiger charge is 2.19. The number of anilines is 1. The molecule has 19 heavy (non-hydrogen) atoms. The molecule has 0 saturated carbocycles. The van der Waals surface area contributed by atoms with E-state index in [1.165, 1.54) is 0 Å². The number of sulfonamides is 1. The standard InChI is InChI=1S/C13H16N2O2S2/c1-9-4-3-5-12(14)13(9)19(16,17)15-6-11-8-18-7-10(11)2/h3-5,7-8,15H,6,14H2,1-2H3. The van der Waals surface area contributed by atoms with E-state index in [9.17, 15) is 8.42 Å². The van der Waals surface area contributed by atoms with Gasteiger partial charge in [-0.25, -0.2) is 13.1 Å². The number of thiophene rings is 1. The molecular weight excluding hydrogens is 280 g/mol. The zero-order valence-electron chi connectivity index (χ0n) is 10.8. The van der Waals surface area contributed by atoms with Crippen molar-refractivity contribution in [3.05, 3.63) is 45.6 Å². The third-order valence-corrected chi connectivity index (χ3v) is 5.46. The van der Waals surface area contributed by atoms with E-state index in [0.717, 1.165) is 11.1 Å². The first-order chi connectivity index (χ1) is 8.92. The Morgan fingerprint density at radius 2 is 1.95 bits per heavy atom. The van der Waals surface area contributed by atoms with Gasteiger partial charge < -0.3 is 5.73 Å². The van der Waals surface area contributed by atoms with Crippen molar-refractivity contribution in [3.63, 3.8) is 0 Å². The molecular formula is C13H16N2O2S2. The maximum atomic E-state index is 12.3. The lowest BCUT2D eigenvalue weighted by molar-refractivity contribution is 0.581. The van der Waals surface area contributed by atoms with Crippen LogP contribution in [0.5, 0.6) is 0 Å². The van der Waals surface area contributed by atoms with E-state index in [-0.39, 0.29) is 17.1 Å². The number of hydrogen-bond acceptors (Lipinski definition) is 4. The topological polar surface area (TPSA) is 72.2 Å². The van der Waals surface area contributed by atoms with Gasteiger partial charge in [-0.2, -0.15) is 11.3 Å². The van der Waals surface area contributed by atoms with Crippen LogP contribution in [0.25, 0.3) is 0 Å². The van der Waals surface area contributed by atoms with Crippen LogP contribution in [0.15, 0.2) is 33.9 Å². The zero-order chi connectivity index (χ0) is 14.0. The lowest BCUT2D eigenvalue weighted by Crippen LogP contribution is -2.25. The molecule has 0 aliphatic heterocycles. The Kier molecular flexibility index (Phi) is 3.93. The molecule has 0 aliphatic rings. The molecule has 1 heterocycles. The lowest BCUT2D eigenvalue weighted by atomic mass is 10.2. The normalized spacial score (nSPS) is 11.7. The molecule has 1 aromatic heterocycles. The van der Waals surface area contributed by atoms with Crippen LogP contribution in [0, 0.1) is 13.8 Å². The third kappa shape index (κ3) is 2.97. The second-order valence-electron chi connectivity index (χ2n) is 4.40. The van der Waals surface area contributed by atoms with E-state index in [1.54, 1.807) is 36.5 Å². The monoisotopic (exact) mass is 296 g/mol. The van der Waals surface area contributed by atoms with Crippen LogP contribution in [0.4, 0.5) is 5.69 Å². The first-order valence-electron chi connectivity index (χ1n) is 5.78. The summed E-state index contributed by atoms with van der Waals surface area (Å²) in [5, 5.41) is 3.94. The van der Waals surface area contributed by atoms with Gasteiger partial charge in [0.15, 0.2) is 0 Å². The summed E-state index contributed by atoms with van der Waals surface area (Å²) in [5.74, 6) is 0. The van der Waals surface area contributed by atoms with Crippen molar-refractivity contribution >= 4 is 27.0 Å². The highest BCUT2D eigenvalue weighted by molar-refractivity contribution is 7.89. The number of rotatable bonds is 4. The first-order valence-corrected chi connectivity index (χ1v) is 8.21. The fourth-order valence-electron chi connectivity index (χ4n) is 1.86. The van der Waals surface area contributed by atoms with Crippen molar-refractivity contribution in [2.45, 2.75) is 25.3 Å². The van der Waals surface area contributed by atoms with Crippen molar-refractivity contribution < 1.29 is 8.42 Å². The van der Waals surface area contributed by atoms with Gasteiger partial charge in [-0.3, -0.25) is 0 Å². The molecule has 0 amide bonds. The van der Waals surface area contributed by atoms with Crippen LogP contribution < -0.4 is 10.5 Å². The molecule has 2 rings (SSSR count). The van der Waals surface area contributed by atoms with E-state index in [0.29, 0.717) is 5.56 Å². The minimum Gasteiger partial charge on any atom is -0.398 e. The Morgan fingerprint density at radius 1 is 1.21 bits per heavy atom. The smallest absolute Gasteiger partial charge is 0.243 e. The van der Waals surface area contributed by atoms with E-state index in [2.05, 4.69) is 4.72 Å². The summed E-state index contributed by atoms with van der Waals surface area (Å²) in [6.07, 6.45) is 0. The molecule has 102 valence electrons. The van der Waals surface area contributed by atoms with E-state index in [4.69, 9.17) is 5.73 Å². The second-order valence-corrected chi connectivity index (χ2v) is 6.85. The van der Waals surface area contributed by atoms with Gasteiger partial charge in [0, 0.05) is 6.54 Å². The minimum atomic E-state index is -3.58. The molecule has 0 saturated heterocycles. The molecule has 0 atom stereocenters. The van der Waals surface area contributed by atoms with Crippen molar-refractivity contribution in [2.24, 2.45) is 0 Å². The van der Waals surface area contributed by atoms with Crippen LogP contribution in [0.3, 0.4) is 0 Å². The molecule has 6 heteroatoms. The first kappa shape index (κ1) is 14.0. The summed E-state index contributed by atoms with van der Waals surface area (Å²) in [6.45, 7) is 3.98. The average molecular weight is 296 g/mol. The van der Waals surface area contributed by atoms with Crippen LogP contribution in [0.1, 0.15) is 16.7 Å². The van der Waals surface area contributed by atoms with Crippen LogP contribution in [-0.2, 0) is 16.6 Å². The summed E-state index contributed by atoms with van der Waals surface area (Å²) in [6, 6.07) is 5.07. The summed E-state index contributed by atoms with van der Waals surface area (Å²) in [5.41, 5.74) is 8.76. The van der Waals surface area contributed by atoms with Gasteiger partial charge in [-0.15, -0.1) is 0 Å². The molecule has 0 unspecified atom stereocenters. The highest BCUT2D eigenvalue weighted by atomic mass is 32.2. The summed E-state index contributed by atoms with van der Waals surface area (Å²) in [4.78, 5) is 0.169. The molecule has 4 nitrogen and oxygen atoms in total. The van der Waals surface area contributed by atoms with Gasteiger partial charge in [0.05, 0.1) is 5.69 Å². The minimum absolute atomic E-state index is 0.169. The molecule has 0 fully saturated rings. The molecule has 1 aromatic carbocycles. The largest absolute Gasteiger partial charge is 0.398 e. The number of nitrogen functional groups attached to an aromatic ring is 1. The van der Waals surface area contributed by atoms with Crippen LogP contribution >= 0.6 is 11.3 Å². The second kappa shape index (κ2) is 5.32. The maximum Gasteiger partial charge on any atom is 0.243 e. The number of benzene rings is 1. The van der Waals surface area contributed by atoms with E-state index < -0.39 is 10.0 Å². The number of aryl methyl sites for hydroxylation is 2. The Bertz CT molecular complexity index is 670. The predicted octanol–water partition coefficient (Wildman–Crippen LogP) is 2.43. The number of nitrogens with two attached hydrogens (primary N) is 1. The van der Waals surface area contributed by atoms with Crippen molar-refractivity contribution in [2.75, 3.05) is 5.73 Å². The maximum absolute atomic E-state index is 12.3. The zero-order valence-corrected chi connectivity index (χ0v) is 12.4. The molecule has 3 N–H and O–H groups in total. The lowest BCUT2D eigenvalue weighted by Gasteiger charge is -2.11. The molecule has 0 spiro atoms. The van der Waals surface area contributed by atoms with Gasteiger partial charge in [0.1, 0.15) is 4.90 Å². The van der Waals surface area contributed by atoms with Crippen molar-refractivity contribution in [1.29, 1.82) is 0 Å². The van der Waals surface area contributed by atoms with E-state index in [1.807, 2.05) is 17.7 Å². The predicted molar refractivity (Wildman–Crippen MR) is 78.7 cm³/mol. The van der Waals surface area contributed by atoms with Gasteiger partial charge in [-0.1, -0.05) is 12.1 Å². The molecule has 0 aliphatic carbocycles. The number of hydrogen-bond donors (Lipinski definition) is 2. The van der Waals surface area contributed by atoms with Gasteiger partial charge >= 0.3 is 0 Å². The molecule has 0 bridgehead atoms. The highest BCUT2D eigenvalue weighted by Crippen LogP contribution is 2.22. The van der Waals surface area contributed by atoms with Crippen LogP contribution in [-0.4, -0.2) is 8.42 Å². The Morgan fingerprint density at radius 3 is 2.53 bits per heavy atom. The van der Waals surface area contributed by atoms with Gasteiger partial charge in [0.2, 0.25) is 10.0 Å². The fourth-order valence-corrected chi connectivity index (χ4v) is 4.07.